The van der Waals surface area contributed by atoms with E-state index >= 15 is 0 Å². The summed E-state index contributed by atoms with van der Waals surface area (Å²) in [5.41, 5.74) is 0. The number of allylic oxidation sites excluding steroid dienone is 1. The van der Waals surface area contributed by atoms with Gasteiger partial charge in [0.25, 0.3) is 0 Å². The Labute approximate surface area is 61.4 Å². The van der Waals surface area contributed by atoms with Gasteiger partial charge in [0, 0.05) is 0 Å². The minimum absolute atomic E-state index is 0.0553. The minimum Gasteiger partial charge on any atom is -0.251 e. The topological polar surface area (TPSA) is 29.5 Å². The Morgan fingerprint density at radius 3 is 3.00 bits per heavy atom. The van der Waals surface area contributed by atoms with Gasteiger partial charge in [-0.1, -0.05) is 25.0 Å². The van der Waals surface area contributed by atoms with E-state index in [4.69, 9.17) is 5.26 Å². The smallest absolute Gasteiger partial charge is 0.111 e. The minimum atomic E-state index is -0.0553. The van der Waals surface area contributed by atoms with Gasteiger partial charge in [0.15, 0.2) is 0 Å². The van der Waals surface area contributed by atoms with Crippen LogP contribution in [0.25, 0.3) is 0 Å². The molecule has 0 aromatic carbocycles. The molecule has 2 nitrogen and oxygen atoms in total. The molecule has 0 radical (unpaired) electrons. The van der Waals surface area contributed by atoms with Crippen LogP contribution in [0.5, 0.6) is 0 Å². The maximum atomic E-state index is 8.36. The van der Waals surface area contributed by atoms with Crippen molar-refractivity contribution < 1.29 is 10.1 Å². The van der Waals surface area contributed by atoms with E-state index in [0.29, 0.717) is 0 Å². The van der Waals surface area contributed by atoms with Gasteiger partial charge in [-0.05, 0) is 19.3 Å². The van der Waals surface area contributed by atoms with Crippen LogP contribution in [-0.4, -0.2) is 11.4 Å². The van der Waals surface area contributed by atoms with Crippen molar-refractivity contribution in [2.24, 2.45) is 0 Å². The zero-order valence-electron chi connectivity index (χ0n) is 6.12. The Bertz CT molecular complexity index is 110. The monoisotopic (exact) mass is 142 g/mol. The highest BCUT2D eigenvalue weighted by atomic mass is 17.1. The zero-order valence-corrected chi connectivity index (χ0v) is 6.12. The Kier molecular flexibility index (Phi) is 3.47. The average molecular weight is 142 g/mol. The fourth-order valence-corrected chi connectivity index (χ4v) is 1.22. The molecule has 1 rings (SSSR count). The Morgan fingerprint density at radius 2 is 2.20 bits per heavy atom. The lowest BCUT2D eigenvalue weighted by molar-refractivity contribution is -0.267. The van der Waals surface area contributed by atoms with Crippen molar-refractivity contribution in [3.05, 3.63) is 12.2 Å². The van der Waals surface area contributed by atoms with Crippen molar-refractivity contribution in [3.8, 4) is 0 Å². The lowest BCUT2D eigenvalue weighted by Gasteiger charge is -2.10. The van der Waals surface area contributed by atoms with Crippen molar-refractivity contribution >= 4 is 0 Å². The van der Waals surface area contributed by atoms with Crippen LogP contribution in [0.4, 0.5) is 0 Å². The molecule has 1 aliphatic carbocycles. The Balaban J connectivity index is 2.33. The van der Waals surface area contributed by atoms with E-state index in [1.807, 2.05) is 6.08 Å². The van der Waals surface area contributed by atoms with Crippen molar-refractivity contribution in [2.45, 2.75) is 38.2 Å². The van der Waals surface area contributed by atoms with Crippen LogP contribution in [0.1, 0.15) is 32.1 Å². The molecule has 1 N–H and O–H groups in total. The van der Waals surface area contributed by atoms with Crippen molar-refractivity contribution in [2.75, 3.05) is 0 Å². The molecular formula is C8H14O2. The summed E-state index contributed by atoms with van der Waals surface area (Å²) in [6.45, 7) is 0. The molecule has 0 saturated carbocycles. The zero-order chi connectivity index (χ0) is 7.23. The van der Waals surface area contributed by atoms with E-state index in [0.717, 1.165) is 19.3 Å². The normalized spacial score (nSPS) is 27.5. The summed E-state index contributed by atoms with van der Waals surface area (Å²) in [5, 5.41) is 8.36. The van der Waals surface area contributed by atoms with Gasteiger partial charge < -0.3 is 0 Å². The first-order chi connectivity index (χ1) is 4.93. The van der Waals surface area contributed by atoms with E-state index in [1.54, 1.807) is 0 Å². The summed E-state index contributed by atoms with van der Waals surface area (Å²) >= 11 is 0. The van der Waals surface area contributed by atoms with Crippen LogP contribution in [-0.2, 0) is 4.89 Å². The average Bonchev–Trinajstić information content (AvgIpc) is 1.87. The summed E-state index contributed by atoms with van der Waals surface area (Å²) in [7, 11) is 0. The third kappa shape index (κ3) is 2.50. The molecule has 1 aliphatic rings. The largest absolute Gasteiger partial charge is 0.251 e. The quantitative estimate of drug-likeness (QED) is 0.346. The molecule has 1 atom stereocenters. The van der Waals surface area contributed by atoms with Gasteiger partial charge >= 0.3 is 0 Å². The standard InChI is InChI=1S/C8H14O2/c9-10-8-6-4-2-1-3-5-7-8/h4,6,8-9H,1-3,5,7H2. The second kappa shape index (κ2) is 4.47. The Hall–Kier alpha value is -0.340. The molecule has 2 heteroatoms. The van der Waals surface area contributed by atoms with E-state index in [-0.39, 0.29) is 6.10 Å². The van der Waals surface area contributed by atoms with Crippen LogP contribution >= 0.6 is 0 Å². The number of rotatable bonds is 1. The molecule has 0 aromatic rings. The summed E-state index contributed by atoms with van der Waals surface area (Å²) in [6, 6.07) is 0. The van der Waals surface area contributed by atoms with Gasteiger partial charge in [-0.15, -0.1) is 0 Å². The highest BCUT2D eigenvalue weighted by Crippen LogP contribution is 2.12. The fourth-order valence-electron chi connectivity index (χ4n) is 1.22. The molecule has 0 aromatic heterocycles. The second-order valence-corrected chi connectivity index (χ2v) is 2.71. The van der Waals surface area contributed by atoms with Crippen molar-refractivity contribution in [1.82, 2.24) is 0 Å². The number of hydrogen-bond donors (Lipinski definition) is 1. The van der Waals surface area contributed by atoms with Crippen LogP contribution in [0.15, 0.2) is 12.2 Å². The van der Waals surface area contributed by atoms with Gasteiger partial charge in [0.1, 0.15) is 6.10 Å². The molecule has 1 unspecified atom stereocenters. The molecule has 0 spiro atoms. The van der Waals surface area contributed by atoms with Crippen molar-refractivity contribution in [3.63, 3.8) is 0 Å². The highest BCUT2D eigenvalue weighted by Gasteiger charge is 2.05. The number of hydrogen-bond acceptors (Lipinski definition) is 2. The lowest BCUT2D eigenvalue weighted by Crippen LogP contribution is -2.07. The van der Waals surface area contributed by atoms with Gasteiger partial charge in [-0.3, -0.25) is 5.26 Å². The molecule has 0 bridgehead atoms. The molecule has 0 fully saturated rings. The predicted molar refractivity (Wildman–Crippen MR) is 39.7 cm³/mol. The van der Waals surface area contributed by atoms with Crippen LogP contribution in [0.3, 0.4) is 0 Å². The first kappa shape index (κ1) is 7.76. The predicted octanol–water partition coefficient (Wildman–Crippen LogP) is 2.36. The molecule has 0 amide bonds. The maximum absolute atomic E-state index is 8.36. The first-order valence-corrected chi connectivity index (χ1v) is 3.90. The molecular weight excluding hydrogens is 128 g/mol. The second-order valence-electron chi connectivity index (χ2n) is 2.71. The first-order valence-electron chi connectivity index (χ1n) is 3.90. The van der Waals surface area contributed by atoms with Crippen LogP contribution < -0.4 is 0 Å². The van der Waals surface area contributed by atoms with E-state index in [2.05, 4.69) is 11.0 Å². The molecule has 0 saturated heterocycles. The molecule has 58 valence electrons. The van der Waals surface area contributed by atoms with E-state index in [9.17, 15) is 0 Å². The van der Waals surface area contributed by atoms with Crippen LogP contribution in [0.2, 0.25) is 0 Å². The third-order valence-corrected chi connectivity index (χ3v) is 1.85. The molecule has 0 heterocycles. The van der Waals surface area contributed by atoms with E-state index in [1.165, 1.54) is 12.8 Å². The van der Waals surface area contributed by atoms with Crippen LogP contribution in [0, 0.1) is 0 Å². The van der Waals surface area contributed by atoms with Gasteiger partial charge in [-0.2, -0.15) is 0 Å². The SMILES string of the molecule is OOC1C=CCCCCC1. The highest BCUT2D eigenvalue weighted by molar-refractivity contribution is 4.90. The van der Waals surface area contributed by atoms with Gasteiger partial charge in [-0.25, -0.2) is 4.89 Å². The molecule has 10 heavy (non-hydrogen) atoms. The summed E-state index contributed by atoms with van der Waals surface area (Å²) in [6.07, 6.45) is 9.74. The fraction of sp³-hybridized carbons (Fsp3) is 0.750. The lowest BCUT2D eigenvalue weighted by atomic mass is 10.0. The van der Waals surface area contributed by atoms with E-state index < -0.39 is 0 Å². The Morgan fingerprint density at radius 1 is 1.30 bits per heavy atom. The van der Waals surface area contributed by atoms with Crippen molar-refractivity contribution in [1.29, 1.82) is 0 Å². The maximum Gasteiger partial charge on any atom is 0.111 e. The summed E-state index contributed by atoms with van der Waals surface area (Å²) in [5.74, 6) is 0. The van der Waals surface area contributed by atoms with Gasteiger partial charge in [0.05, 0.1) is 0 Å². The molecule has 0 aliphatic heterocycles. The van der Waals surface area contributed by atoms with Gasteiger partial charge in [0.2, 0.25) is 0 Å². The third-order valence-electron chi connectivity index (χ3n) is 1.85. The summed E-state index contributed by atoms with van der Waals surface area (Å²) < 4.78 is 0. The summed E-state index contributed by atoms with van der Waals surface area (Å²) in [4.78, 5) is 4.24.